The second-order valence-corrected chi connectivity index (χ2v) is 9.96. The number of amides is 2. The Morgan fingerprint density at radius 1 is 0.892 bits per heavy atom. The van der Waals surface area contributed by atoms with E-state index in [1.54, 1.807) is 32.6 Å². The number of alkyl carbamates (subject to hydrolysis) is 1. The molecule has 2 aromatic carbocycles. The fourth-order valence-electron chi connectivity index (χ4n) is 3.52. The minimum atomic E-state index is -0.666. The number of ether oxygens (including phenoxy) is 2. The molecular formula is C29H38N2O6. The highest BCUT2D eigenvalue weighted by atomic mass is 16.6. The zero-order chi connectivity index (χ0) is 27.3. The van der Waals surface area contributed by atoms with Crippen LogP contribution in [0.15, 0.2) is 60.7 Å². The highest BCUT2D eigenvalue weighted by molar-refractivity contribution is 5.86. The summed E-state index contributed by atoms with van der Waals surface area (Å²) in [4.78, 5) is 51.4. The van der Waals surface area contributed by atoms with Gasteiger partial charge in [0.1, 0.15) is 12.2 Å². The topological polar surface area (TPSA) is 102 Å². The summed E-state index contributed by atoms with van der Waals surface area (Å²) in [6, 6.07) is 19.1. The first-order valence-electron chi connectivity index (χ1n) is 12.5. The molecule has 0 aliphatic carbocycles. The van der Waals surface area contributed by atoms with E-state index in [1.807, 2.05) is 60.7 Å². The van der Waals surface area contributed by atoms with Gasteiger partial charge in [-0.25, -0.2) is 4.79 Å². The smallest absolute Gasteiger partial charge is 0.408 e. The van der Waals surface area contributed by atoms with Crippen molar-refractivity contribution in [2.75, 3.05) is 19.6 Å². The maximum Gasteiger partial charge on any atom is 0.408 e. The zero-order valence-corrected chi connectivity index (χ0v) is 22.2. The van der Waals surface area contributed by atoms with Crippen LogP contribution in [0.2, 0.25) is 0 Å². The number of carbonyl (C=O) groups is 4. The molecule has 8 heteroatoms. The van der Waals surface area contributed by atoms with E-state index in [4.69, 9.17) is 9.47 Å². The molecule has 0 spiro atoms. The van der Waals surface area contributed by atoms with E-state index in [0.717, 1.165) is 11.1 Å². The minimum absolute atomic E-state index is 0.0539. The number of Topliss-reactive ketones (excluding diaryl/α,β-unsaturated/α-hetero) is 1. The highest BCUT2D eigenvalue weighted by Crippen LogP contribution is 2.13. The molecule has 0 heterocycles. The van der Waals surface area contributed by atoms with Crippen molar-refractivity contribution in [2.24, 2.45) is 5.92 Å². The van der Waals surface area contributed by atoms with E-state index in [0.29, 0.717) is 13.0 Å². The Balaban J connectivity index is 1.91. The van der Waals surface area contributed by atoms with Gasteiger partial charge < -0.3 is 19.7 Å². The van der Waals surface area contributed by atoms with Gasteiger partial charge in [-0.1, -0.05) is 67.6 Å². The first-order chi connectivity index (χ1) is 17.5. The van der Waals surface area contributed by atoms with Crippen LogP contribution >= 0.6 is 0 Å². The third-order valence-corrected chi connectivity index (χ3v) is 5.45. The van der Waals surface area contributed by atoms with Crippen LogP contribution in [-0.2, 0) is 36.9 Å². The normalized spacial score (nSPS) is 11.8. The Labute approximate surface area is 219 Å². The van der Waals surface area contributed by atoms with Crippen molar-refractivity contribution in [1.82, 2.24) is 10.2 Å². The van der Waals surface area contributed by atoms with Gasteiger partial charge >= 0.3 is 12.1 Å². The second-order valence-electron chi connectivity index (χ2n) is 9.96. The molecule has 37 heavy (non-hydrogen) atoms. The molecule has 0 unspecified atom stereocenters. The van der Waals surface area contributed by atoms with Gasteiger partial charge in [0.05, 0.1) is 13.0 Å². The third kappa shape index (κ3) is 12.2. The summed E-state index contributed by atoms with van der Waals surface area (Å²) in [5.41, 5.74) is 1.28. The number of ketones is 1. The first kappa shape index (κ1) is 29.5. The van der Waals surface area contributed by atoms with E-state index in [-0.39, 0.29) is 44.2 Å². The first-order valence-corrected chi connectivity index (χ1v) is 12.5. The van der Waals surface area contributed by atoms with Gasteiger partial charge in [-0.15, -0.1) is 0 Å². The number of rotatable bonds is 13. The molecule has 1 atom stereocenters. The minimum Gasteiger partial charge on any atom is -0.461 e. The van der Waals surface area contributed by atoms with Crippen LogP contribution < -0.4 is 5.32 Å². The lowest BCUT2D eigenvalue weighted by atomic mass is 10.0. The van der Waals surface area contributed by atoms with Crippen molar-refractivity contribution in [1.29, 1.82) is 0 Å². The van der Waals surface area contributed by atoms with E-state index in [2.05, 4.69) is 5.32 Å². The molecule has 2 amide bonds. The number of esters is 1. The van der Waals surface area contributed by atoms with Gasteiger partial charge in [-0.2, -0.15) is 0 Å². The highest BCUT2D eigenvalue weighted by Gasteiger charge is 2.24. The van der Waals surface area contributed by atoms with Gasteiger partial charge in [-0.05, 0) is 38.3 Å². The van der Waals surface area contributed by atoms with Gasteiger partial charge in [0.2, 0.25) is 5.91 Å². The lowest BCUT2D eigenvalue weighted by Gasteiger charge is -2.26. The summed E-state index contributed by atoms with van der Waals surface area (Å²) in [5, 5.41) is 2.45. The SMILES string of the molecule is C[C@@H](CC(=O)OCc1ccccc1)C(=O)N(CCC(=O)CNC(=O)OC(C)(C)C)CCc1ccccc1. The van der Waals surface area contributed by atoms with Crippen molar-refractivity contribution >= 4 is 23.8 Å². The Hall–Kier alpha value is -3.68. The molecule has 0 bridgehead atoms. The zero-order valence-electron chi connectivity index (χ0n) is 22.2. The maximum atomic E-state index is 13.2. The van der Waals surface area contributed by atoms with E-state index in [1.165, 1.54) is 0 Å². The third-order valence-electron chi connectivity index (χ3n) is 5.45. The molecule has 2 aromatic rings. The van der Waals surface area contributed by atoms with Crippen molar-refractivity contribution in [2.45, 2.75) is 59.2 Å². The van der Waals surface area contributed by atoms with Crippen LogP contribution in [-0.4, -0.2) is 53.9 Å². The summed E-state index contributed by atoms with van der Waals surface area (Å²) >= 11 is 0. The lowest BCUT2D eigenvalue weighted by Crippen LogP contribution is -2.40. The number of benzene rings is 2. The fourth-order valence-corrected chi connectivity index (χ4v) is 3.52. The summed E-state index contributed by atoms with van der Waals surface area (Å²) in [7, 11) is 0. The molecule has 0 saturated heterocycles. The van der Waals surface area contributed by atoms with Gasteiger partial charge in [0, 0.05) is 25.4 Å². The van der Waals surface area contributed by atoms with Crippen LogP contribution in [0.3, 0.4) is 0 Å². The van der Waals surface area contributed by atoms with Crippen LogP contribution in [0.25, 0.3) is 0 Å². The summed E-state index contributed by atoms with van der Waals surface area (Å²) < 4.78 is 10.5. The van der Waals surface area contributed by atoms with Gasteiger partial charge in [-0.3, -0.25) is 14.4 Å². The van der Waals surface area contributed by atoms with E-state index < -0.39 is 23.6 Å². The predicted molar refractivity (Wildman–Crippen MR) is 141 cm³/mol. The predicted octanol–water partition coefficient (Wildman–Crippen LogP) is 4.31. The summed E-state index contributed by atoms with van der Waals surface area (Å²) in [6.45, 7) is 7.46. The van der Waals surface area contributed by atoms with E-state index in [9.17, 15) is 19.2 Å². The number of hydrogen-bond donors (Lipinski definition) is 1. The fraction of sp³-hybridized carbons (Fsp3) is 0.448. The molecule has 0 fully saturated rings. The number of carbonyl (C=O) groups excluding carboxylic acids is 4. The molecule has 8 nitrogen and oxygen atoms in total. The Bertz CT molecular complexity index is 1020. The van der Waals surface area contributed by atoms with Crippen molar-refractivity contribution in [3.05, 3.63) is 71.8 Å². The van der Waals surface area contributed by atoms with Crippen molar-refractivity contribution in [3.8, 4) is 0 Å². The van der Waals surface area contributed by atoms with Gasteiger partial charge in [0.25, 0.3) is 0 Å². The average Bonchev–Trinajstić information content (AvgIpc) is 2.86. The molecule has 0 aliphatic rings. The Kier molecular flexibility index (Phi) is 11.8. The second kappa shape index (κ2) is 14.8. The molecule has 0 saturated carbocycles. The van der Waals surface area contributed by atoms with E-state index >= 15 is 0 Å². The average molecular weight is 511 g/mol. The number of nitrogens with zero attached hydrogens (tertiary/aromatic N) is 1. The number of hydrogen-bond acceptors (Lipinski definition) is 6. The molecule has 1 N–H and O–H groups in total. The quantitative estimate of drug-likeness (QED) is 0.403. The number of nitrogens with one attached hydrogen (secondary N) is 1. The van der Waals surface area contributed by atoms with Crippen LogP contribution in [0.1, 0.15) is 51.7 Å². The molecule has 2 rings (SSSR count). The van der Waals surface area contributed by atoms with Crippen molar-refractivity contribution in [3.63, 3.8) is 0 Å². The molecule has 0 aromatic heterocycles. The molecular weight excluding hydrogens is 472 g/mol. The lowest BCUT2D eigenvalue weighted by molar-refractivity contribution is -0.149. The molecule has 200 valence electrons. The van der Waals surface area contributed by atoms with Crippen LogP contribution in [0.4, 0.5) is 4.79 Å². The summed E-state index contributed by atoms with van der Waals surface area (Å²) in [6.07, 6.45) is -0.0360. The van der Waals surface area contributed by atoms with Crippen LogP contribution in [0.5, 0.6) is 0 Å². The Morgan fingerprint density at radius 3 is 2.08 bits per heavy atom. The Morgan fingerprint density at radius 2 is 1.49 bits per heavy atom. The molecule has 0 aliphatic heterocycles. The summed E-state index contributed by atoms with van der Waals surface area (Å²) in [5.74, 6) is -1.50. The van der Waals surface area contributed by atoms with Gasteiger partial charge in [0.15, 0.2) is 5.78 Å². The largest absolute Gasteiger partial charge is 0.461 e. The standard InChI is InChI=1S/C29H38N2O6/c1-22(19-26(33)36-21-24-13-9-6-10-14-24)27(34)31(17-15-23-11-7-5-8-12-23)18-16-25(32)20-30-28(35)37-29(2,3)4/h5-14,22H,15-21H2,1-4H3,(H,30,35)/t22-/m0/s1. The van der Waals surface area contributed by atoms with Crippen LogP contribution in [0, 0.1) is 5.92 Å². The molecule has 0 radical (unpaired) electrons. The monoisotopic (exact) mass is 510 g/mol. The maximum absolute atomic E-state index is 13.2. The van der Waals surface area contributed by atoms with Crippen molar-refractivity contribution < 1.29 is 28.7 Å².